The molecule has 31 heavy (non-hydrogen) atoms. The van der Waals surface area contributed by atoms with E-state index in [1.54, 1.807) is 11.3 Å². The highest BCUT2D eigenvalue weighted by Gasteiger charge is 2.29. The highest BCUT2D eigenvalue weighted by atomic mass is 32.2. The average molecular weight is 454 g/mol. The molecule has 1 aliphatic heterocycles. The summed E-state index contributed by atoms with van der Waals surface area (Å²) >= 11 is 3.06. The largest absolute Gasteiger partial charge is 0.353 e. The van der Waals surface area contributed by atoms with Gasteiger partial charge in [-0.15, -0.1) is 11.3 Å². The number of aromatic nitrogens is 3. The van der Waals surface area contributed by atoms with Crippen LogP contribution in [0.25, 0.3) is 0 Å². The first-order valence-corrected chi connectivity index (χ1v) is 11.8. The molecule has 5 rings (SSSR count). The van der Waals surface area contributed by atoms with Crippen LogP contribution in [0.1, 0.15) is 17.7 Å². The molecule has 3 aromatic rings. The minimum absolute atomic E-state index is 0.109. The SMILES string of the molecule is Cc1cnc(Nc2cc(N3CC(N)C3)nc(Sc3ccc(NC(=O)C4CC4)cc3)n2)s1. The summed E-state index contributed by atoms with van der Waals surface area (Å²) in [6, 6.07) is 9.89. The van der Waals surface area contributed by atoms with Gasteiger partial charge in [0.05, 0.1) is 0 Å². The Hall–Kier alpha value is -2.69. The zero-order chi connectivity index (χ0) is 21.4. The van der Waals surface area contributed by atoms with Crippen LogP contribution in [0.4, 0.5) is 22.5 Å². The van der Waals surface area contributed by atoms with E-state index in [1.807, 2.05) is 43.5 Å². The van der Waals surface area contributed by atoms with Crippen molar-refractivity contribution < 1.29 is 4.79 Å². The normalized spacial score (nSPS) is 16.1. The first kappa shape index (κ1) is 20.2. The van der Waals surface area contributed by atoms with Crippen LogP contribution in [0.2, 0.25) is 0 Å². The lowest BCUT2D eigenvalue weighted by Crippen LogP contribution is -2.56. The summed E-state index contributed by atoms with van der Waals surface area (Å²) in [6.45, 7) is 3.59. The number of carbonyl (C=O) groups is 1. The third kappa shape index (κ3) is 4.97. The third-order valence-corrected chi connectivity index (χ3v) is 6.76. The summed E-state index contributed by atoms with van der Waals surface area (Å²) in [7, 11) is 0. The van der Waals surface area contributed by atoms with Gasteiger partial charge >= 0.3 is 0 Å². The Morgan fingerprint density at radius 2 is 2.00 bits per heavy atom. The Kier molecular flexibility index (Phi) is 5.51. The van der Waals surface area contributed by atoms with Gasteiger partial charge in [-0.05, 0) is 55.8 Å². The fourth-order valence-electron chi connectivity index (χ4n) is 3.21. The lowest BCUT2D eigenvalue weighted by atomic mass is 10.1. The van der Waals surface area contributed by atoms with Gasteiger partial charge in [-0.25, -0.2) is 15.0 Å². The van der Waals surface area contributed by atoms with Crippen molar-refractivity contribution in [2.45, 2.75) is 35.9 Å². The van der Waals surface area contributed by atoms with Crippen LogP contribution in [-0.2, 0) is 4.79 Å². The molecule has 0 radical (unpaired) electrons. The summed E-state index contributed by atoms with van der Waals surface area (Å²) < 4.78 is 0. The van der Waals surface area contributed by atoms with Crippen molar-refractivity contribution in [3.05, 3.63) is 41.4 Å². The lowest BCUT2D eigenvalue weighted by molar-refractivity contribution is -0.117. The molecular weight excluding hydrogens is 430 g/mol. The standard InChI is InChI=1S/C21H23N7OS2/c1-12-9-23-20(30-12)25-17-8-18(28-10-14(22)11-28)27-21(26-17)31-16-6-4-15(5-7-16)24-19(29)13-2-3-13/h4-9,13-14H,2-3,10-11,22H2,1H3,(H,24,29)(H,23,25,26,27). The van der Waals surface area contributed by atoms with E-state index in [9.17, 15) is 4.79 Å². The molecule has 8 nitrogen and oxygen atoms in total. The van der Waals surface area contributed by atoms with E-state index < -0.39 is 0 Å². The monoisotopic (exact) mass is 453 g/mol. The van der Waals surface area contributed by atoms with Gasteiger partial charge in [-0.1, -0.05) is 0 Å². The van der Waals surface area contributed by atoms with Gasteiger partial charge in [0, 0.05) is 52.8 Å². The fourth-order valence-corrected chi connectivity index (χ4v) is 4.65. The topological polar surface area (TPSA) is 109 Å². The van der Waals surface area contributed by atoms with Crippen LogP contribution >= 0.6 is 23.1 Å². The lowest BCUT2D eigenvalue weighted by Gasteiger charge is -2.37. The molecule has 2 fully saturated rings. The van der Waals surface area contributed by atoms with Crippen molar-refractivity contribution >= 4 is 51.5 Å². The maximum Gasteiger partial charge on any atom is 0.227 e. The van der Waals surface area contributed by atoms with Gasteiger partial charge in [0.15, 0.2) is 10.3 Å². The molecule has 1 saturated heterocycles. The molecule has 2 aromatic heterocycles. The maximum absolute atomic E-state index is 11.9. The number of carbonyl (C=O) groups excluding carboxylic acids is 1. The first-order chi connectivity index (χ1) is 15.0. The Bertz CT molecular complexity index is 1090. The van der Waals surface area contributed by atoms with Crippen molar-refractivity contribution in [3.8, 4) is 0 Å². The van der Waals surface area contributed by atoms with Crippen LogP contribution in [-0.4, -0.2) is 40.0 Å². The molecule has 3 heterocycles. The number of benzene rings is 1. The fraction of sp³-hybridized carbons (Fsp3) is 0.333. The Balaban J connectivity index is 1.33. The van der Waals surface area contributed by atoms with Crippen molar-refractivity contribution in [3.63, 3.8) is 0 Å². The Labute approximate surface area is 188 Å². The first-order valence-electron chi connectivity index (χ1n) is 10.2. The van der Waals surface area contributed by atoms with E-state index in [1.165, 1.54) is 11.8 Å². The summed E-state index contributed by atoms with van der Waals surface area (Å²) in [4.78, 5) is 30.0. The zero-order valence-electron chi connectivity index (χ0n) is 17.0. The number of aryl methyl sites for hydroxylation is 1. The second kappa shape index (κ2) is 8.45. The highest BCUT2D eigenvalue weighted by Crippen LogP contribution is 2.33. The van der Waals surface area contributed by atoms with Gasteiger partial charge in [0.1, 0.15) is 11.6 Å². The number of nitrogens with two attached hydrogens (primary N) is 1. The van der Waals surface area contributed by atoms with E-state index in [0.29, 0.717) is 11.0 Å². The van der Waals surface area contributed by atoms with E-state index in [4.69, 9.17) is 10.7 Å². The van der Waals surface area contributed by atoms with Crippen LogP contribution in [0.3, 0.4) is 0 Å². The summed E-state index contributed by atoms with van der Waals surface area (Å²) in [5.41, 5.74) is 6.77. The van der Waals surface area contributed by atoms with Crippen molar-refractivity contribution in [2.24, 2.45) is 11.7 Å². The van der Waals surface area contributed by atoms with Crippen LogP contribution in [0.15, 0.2) is 46.6 Å². The third-order valence-electron chi connectivity index (χ3n) is 5.06. The molecule has 1 aromatic carbocycles. The van der Waals surface area contributed by atoms with Gasteiger partial charge in [-0.2, -0.15) is 0 Å². The quantitative estimate of drug-likeness (QED) is 0.465. The maximum atomic E-state index is 11.9. The number of nitrogens with zero attached hydrogens (tertiary/aromatic N) is 4. The zero-order valence-corrected chi connectivity index (χ0v) is 18.7. The van der Waals surface area contributed by atoms with E-state index in [0.717, 1.165) is 52.3 Å². The van der Waals surface area contributed by atoms with E-state index in [-0.39, 0.29) is 17.9 Å². The van der Waals surface area contributed by atoms with Crippen molar-refractivity contribution in [2.75, 3.05) is 28.6 Å². The van der Waals surface area contributed by atoms with E-state index in [2.05, 4.69) is 25.5 Å². The number of thiazole rings is 1. The van der Waals surface area contributed by atoms with Crippen molar-refractivity contribution in [1.29, 1.82) is 0 Å². The summed E-state index contributed by atoms with van der Waals surface area (Å²) in [6.07, 6.45) is 3.82. The molecule has 0 spiro atoms. The molecule has 1 amide bonds. The number of nitrogens with one attached hydrogen (secondary N) is 2. The molecule has 0 atom stereocenters. The summed E-state index contributed by atoms with van der Waals surface area (Å²) in [5, 5.41) is 7.70. The van der Waals surface area contributed by atoms with E-state index >= 15 is 0 Å². The number of hydrogen-bond acceptors (Lipinski definition) is 9. The number of amides is 1. The molecule has 2 aliphatic rings. The number of rotatable bonds is 7. The predicted molar refractivity (Wildman–Crippen MR) is 124 cm³/mol. The smallest absolute Gasteiger partial charge is 0.227 e. The Morgan fingerprint density at radius 1 is 1.23 bits per heavy atom. The predicted octanol–water partition coefficient (Wildman–Crippen LogP) is 3.63. The van der Waals surface area contributed by atoms with Gasteiger partial charge in [0.25, 0.3) is 0 Å². The molecule has 0 bridgehead atoms. The second-order valence-corrected chi connectivity index (χ2v) is 10.1. The van der Waals surface area contributed by atoms with Gasteiger partial charge < -0.3 is 21.3 Å². The number of anilines is 4. The molecule has 1 saturated carbocycles. The average Bonchev–Trinajstić information content (AvgIpc) is 3.50. The second-order valence-electron chi connectivity index (χ2n) is 7.85. The van der Waals surface area contributed by atoms with Gasteiger partial charge in [-0.3, -0.25) is 4.79 Å². The van der Waals surface area contributed by atoms with Crippen LogP contribution in [0.5, 0.6) is 0 Å². The molecule has 1 aliphatic carbocycles. The van der Waals surface area contributed by atoms with Crippen molar-refractivity contribution in [1.82, 2.24) is 15.0 Å². The van der Waals surface area contributed by atoms with Crippen LogP contribution < -0.4 is 21.3 Å². The minimum atomic E-state index is 0.109. The van der Waals surface area contributed by atoms with Gasteiger partial charge in [0.2, 0.25) is 5.91 Å². The molecule has 0 unspecified atom stereocenters. The van der Waals surface area contributed by atoms with Crippen LogP contribution in [0, 0.1) is 12.8 Å². The summed E-state index contributed by atoms with van der Waals surface area (Å²) in [5.74, 6) is 1.85. The molecule has 160 valence electrons. The minimum Gasteiger partial charge on any atom is -0.353 e. The Morgan fingerprint density at radius 3 is 2.65 bits per heavy atom. The highest BCUT2D eigenvalue weighted by molar-refractivity contribution is 7.99. The molecule has 10 heteroatoms. The number of hydrogen-bond donors (Lipinski definition) is 3. The molecule has 4 N–H and O–H groups in total. The molecular formula is C21H23N7OS2.